The van der Waals surface area contributed by atoms with E-state index in [1.54, 1.807) is 13.8 Å². The topological polar surface area (TPSA) is 38.7 Å². The van der Waals surface area contributed by atoms with E-state index in [4.69, 9.17) is 9.16 Å². The van der Waals surface area contributed by atoms with Crippen molar-refractivity contribution in [3.63, 3.8) is 0 Å². The second kappa shape index (κ2) is 6.73. The van der Waals surface area contributed by atoms with Gasteiger partial charge in [-0.25, -0.2) is 0 Å². The highest BCUT2D eigenvalue weighted by Gasteiger charge is 2.42. The summed E-state index contributed by atoms with van der Waals surface area (Å²) in [6.45, 7) is 16.6. The van der Waals surface area contributed by atoms with Crippen LogP contribution >= 0.6 is 0 Å². The van der Waals surface area contributed by atoms with E-state index < -0.39 is 20.2 Å². The molecule has 1 N–H and O–H groups in total. The van der Waals surface area contributed by atoms with Crippen molar-refractivity contribution in [2.45, 2.75) is 71.3 Å². The Morgan fingerprint density at radius 1 is 0.955 bits per heavy atom. The van der Waals surface area contributed by atoms with Crippen molar-refractivity contribution < 1.29 is 14.3 Å². The minimum absolute atomic E-state index is 0.116. The van der Waals surface area contributed by atoms with Crippen LogP contribution in [0.15, 0.2) is 24.3 Å². The highest BCUT2D eigenvalue weighted by molar-refractivity contribution is 6.48. The lowest BCUT2D eigenvalue weighted by Crippen LogP contribution is -2.56. The molecule has 3 nitrogen and oxygen atoms in total. The van der Waals surface area contributed by atoms with Crippen LogP contribution in [0, 0.1) is 0 Å². The first-order valence-electron chi connectivity index (χ1n) is 7.99. The summed E-state index contributed by atoms with van der Waals surface area (Å²) in [6, 6.07) is 8.10. The Morgan fingerprint density at radius 3 is 1.82 bits per heavy atom. The van der Waals surface area contributed by atoms with Gasteiger partial charge >= 0.3 is 0 Å². The van der Waals surface area contributed by atoms with Crippen LogP contribution in [0.1, 0.15) is 47.1 Å². The van der Waals surface area contributed by atoms with E-state index >= 15 is 0 Å². The predicted molar refractivity (Wildman–Crippen MR) is 95.3 cm³/mol. The maximum absolute atomic E-state index is 10.5. The molecule has 0 radical (unpaired) electrons. The molecule has 1 aromatic rings. The predicted octanol–water partition coefficient (Wildman–Crippen LogP) is 3.89. The lowest BCUT2D eigenvalue weighted by molar-refractivity contribution is -0.121. The largest absolute Gasteiger partial charge is 0.482 e. The van der Waals surface area contributed by atoms with Gasteiger partial charge in [0.15, 0.2) is 14.6 Å². The Hall–Kier alpha value is -0.843. The van der Waals surface area contributed by atoms with Gasteiger partial charge in [-0.2, -0.15) is 0 Å². The van der Waals surface area contributed by atoms with E-state index in [-0.39, 0.29) is 5.41 Å². The Labute approximate surface area is 137 Å². The zero-order valence-corrected chi connectivity index (χ0v) is 16.5. The Balaban J connectivity index is 2.95. The number of benzene rings is 1. The van der Waals surface area contributed by atoms with E-state index in [1.165, 1.54) is 5.56 Å². The van der Waals surface area contributed by atoms with Gasteiger partial charge in [0.25, 0.3) is 0 Å². The lowest BCUT2D eigenvalue weighted by atomic mass is 9.86. The molecule has 0 aliphatic heterocycles. The third kappa shape index (κ3) is 5.11. The van der Waals surface area contributed by atoms with E-state index in [0.29, 0.717) is 6.61 Å². The quantitative estimate of drug-likeness (QED) is 0.807. The maximum atomic E-state index is 10.5. The molecule has 1 rings (SSSR count). The molecule has 0 aliphatic rings. The standard InChI is InChI=1S/C18H32O3Si/c1-16(2,3)14-9-11-15(12-10-14)21-18(6,17(4,5)19)13-20-22(7)8/h9-12,19,22H,13H2,1-8H3. The normalized spacial score (nSPS) is 15.7. The second-order valence-electron chi connectivity index (χ2n) is 8.03. The molecular formula is C18H32O3Si. The summed E-state index contributed by atoms with van der Waals surface area (Å²) in [6.07, 6.45) is 0. The summed E-state index contributed by atoms with van der Waals surface area (Å²) >= 11 is 0. The molecule has 0 saturated heterocycles. The van der Waals surface area contributed by atoms with Gasteiger partial charge in [-0.05, 0) is 57.0 Å². The van der Waals surface area contributed by atoms with Gasteiger partial charge in [0.2, 0.25) is 0 Å². The summed E-state index contributed by atoms with van der Waals surface area (Å²) in [7, 11) is -1.17. The minimum atomic E-state index is -1.17. The average Bonchev–Trinajstić information content (AvgIpc) is 2.34. The first kappa shape index (κ1) is 19.2. The molecule has 0 heterocycles. The second-order valence-corrected chi connectivity index (χ2v) is 10.5. The van der Waals surface area contributed by atoms with Crippen molar-refractivity contribution in [3.8, 4) is 5.75 Å². The van der Waals surface area contributed by atoms with E-state index in [1.807, 2.05) is 19.1 Å². The van der Waals surface area contributed by atoms with E-state index in [0.717, 1.165) is 5.75 Å². The highest BCUT2D eigenvalue weighted by Crippen LogP contribution is 2.31. The minimum Gasteiger partial charge on any atom is -0.482 e. The zero-order chi connectivity index (χ0) is 17.2. The van der Waals surface area contributed by atoms with Crippen LogP contribution in [0.25, 0.3) is 0 Å². The van der Waals surface area contributed by atoms with Gasteiger partial charge in [0.1, 0.15) is 11.4 Å². The van der Waals surface area contributed by atoms with Crippen molar-refractivity contribution in [1.29, 1.82) is 0 Å². The van der Waals surface area contributed by atoms with Crippen LogP contribution < -0.4 is 4.74 Å². The molecule has 0 saturated carbocycles. The van der Waals surface area contributed by atoms with Gasteiger partial charge in [-0.15, -0.1) is 0 Å². The lowest BCUT2D eigenvalue weighted by Gasteiger charge is -2.41. The Kier molecular flexibility index (Phi) is 5.87. The maximum Gasteiger partial charge on any atom is 0.171 e. The first-order valence-corrected chi connectivity index (χ1v) is 10.8. The first-order chi connectivity index (χ1) is 9.85. The van der Waals surface area contributed by atoms with E-state index in [2.05, 4.69) is 46.0 Å². The number of hydrogen-bond acceptors (Lipinski definition) is 3. The molecule has 22 heavy (non-hydrogen) atoms. The van der Waals surface area contributed by atoms with Crippen LogP contribution in [-0.2, 0) is 9.84 Å². The third-order valence-electron chi connectivity index (χ3n) is 4.05. The fourth-order valence-corrected chi connectivity index (χ4v) is 2.59. The van der Waals surface area contributed by atoms with Crippen LogP contribution in [0.5, 0.6) is 5.75 Å². The molecule has 0 aromatic heterocycles. The third-order valence-corrected chi connectivity index (χ3v) is 4.88. The monoisotopic (exact) mass is 324 g/mol. The molecule has 1 aromatic carbocycles. The number of rotatable bonds is 6. The van der Waals surface area contributed by atoms with E-state index in [9.17, 15) is 5.11 Å². The summed E-state index contributed by atoms with van der Waals surface area (Å²) < 4.78 is 12.0. The highest BCUT2D eigenvalue weighted by atomic mass is 28.3. The number of aliphatic hydroxyl groups is 1. The van der Waals surface area contributed by atoms with Crippen LogP contribution in [0.3, 0.4) is 0 Å². The smallest absolute Gasteiger partial charge is 0.171 e. The molecular weight excluding hydrogens is 292 g/mol. The van der Waals surface area contributed by atoms with Crippen LogP contribution in [0.2, 0.25) is 13.1 Å². The van der Waals surface area contributed by atoms with Crippen LogP contribution in [-0.4, -0.2) is 32.0 Å². The molecule has 1 atom stereocenters. The zero-order valence-electron chi connectivity index (χ0n) is 15.4. The molecule has 126 valence electrons. The Morgan fingerprint density at radius 2 is 1.45 bits per heavy atom. The van der Waals surface area contributed by atoms with Crippen molar-refractivity contribution >= 4 is 9.04 Å². The van der Waals surface area contributed by atoms with Gasteiger partial charge in [0, 0.05) is 0 Å². The molecule has 4 heteroatoms. The molecule has 0 aliphatic carbocycles. The van der Waals surface area contributed by atoms with Crippen molar-refractivity contribution in [2.75, 3.05) is 6.61 Å². The fourth-order valence-electron chi connectivity index (χ4n) is 1.94. The molecule has 0 fully saturated rings. The van der Waals surface area contributed by atoms with Crippen molar-refractivity contribution in [1.82, 2.24) is 0 Å². The summed E-state index contributed by atoms with van der Waals surface area (Å²) in [5.41, 5.74) is -0.410. The van der Waals surface area contributed by atoms with Crippen LogP contribution in [0.4, 0.5) is 0 Å². The summed E-state index contributed by atoms with van der Waals surface area (Å²) in [5.74, 6) is 0.756. The number of hydrogen-bond donors (Lipinski definition) is 1. The fraction of sp³-hybridized carbons (Fsp3) is 0.667. The molecule has 0 bridgehead atoms. The number of ether oxygens (including phenoxy) is 1. The summed E-state index contributed by atoms with van der Waals surface area (Å²) in [4.78, 5) is 0. The molecule has 0 amide bonds. The van der Waals surface area contributed by atoms with Crippen molar-refractivity contribution in [2.24, 2.45) is 0 Å². The van der Waals surface area contributed by atoms with Gasteiger partial charge < -0.3 is 14.3 Å². The SMILES string of the molecule is C[SiH](C)OCC(C)(Oc1ccc(C(C)(C)C)cc1)C(C)(C)O. The van der Waals surface area contributed by atoms with Crippen molar-refractivity contribution in [3.05, 3.63) is 29.8 Å². The molecule has 0 spiro atoms. The average molecular weight is 325 g/mol. The Bertz CT molecular complexity index is 469. The van der Waals surface area contributed by atoms with Gasteiger partial charge in [-0.3, -0.25) is 0 Å². The van der Waals surface area contributed by atoms with Gasteiger partial charge in [-0.1, -0.05) is 32.9 Å². The van der Waals surface area contributed by atoms with Gasteiger partial charge in [0.05, 0.1) is 6.61 Å². The summed E-state index contributed by atoms with van der Waals surface area (Å²) in [5, 5.41) is 10.5. The molecule has 1 unspecified atom stereocenters.